The molecule has 1 amide bonds. The number of amides is 1. The van der Waals surface area contributed by atoms with Crippen molar-refractivity contribution in [3.05, 3.63) is 95.1 Å². The Kier molecular flexibility index (Phi) is 6.14. The van der Waals surface area contributed by atoms with E-state index in [1.807, 2.05) is 48.5 Å². The molecule has 0 saturated heterocycles. The van der Waals surface area contributed by atoms with E-state index in [4.69, 9.17) is 9.73 Å². The molecule has 0 saturated carbocycles. The zero-order valence-corrected chi connectivity index (χ0v) is 19.5. The maximum absolute atomic E-state index is 13.3. The van der Waals surface area contributed by atoms with Crippen LogP contribution >= 0.6 is 0 Å². The first kappa shape index (κ1) is 22.5. The largest absolute Gasteiger partial charge is 0.497 e. The van der Waals surface area contributed by atoms with Gasteiger partial charge in [0.25, 0.3) is 5.91 Å². The molecule has 0 unspecified atom stereocenters. The minimum Gasteiger partial charge on any atom is -0.497 e. The molecule has 5 nitrogen and oxygen atoms in total. The Bertz CT molecular complexity index is 1230. The molecule has 33 heavy (non-hydrogen) atoms. The van der Waals surface area contributed by atoms with Crippen LogP contribution in [0, 0.1) is 0 Å². The number of fused-ring (bicyclic) bond motifs is 1. The summed E-state index contributed by atoms with van der Waals surface area (Å²) in [7, 11) is 3.36. The Balaban J connectivity index is 1.59. The van der Waals surface area contributed by atoms with Gasteiger partial charge in [0.05, 0.1) is 24.8 Å². The number of nitrogens with zero attached hydrogens (tertiary/aromatic N) is 2. The first-order chi connectivity index (χ1) is 15.8. The molecule has 1 aliphatic rings. The molecular weight excluding hydrogens is 412 g/mol. The average Bonchev–Trinajstić information content (AvgIpc) is 2.83. The molecule has 0 fully saturated rings. The maximum atomic E-state index is 13.3. The number of aliphatic imine (C=N–C) groups is 1. The third kappa shape index (κ3) is 4.87. The van der Waals surface area contributed by atoms with Gasteiger partial charge in [-0.05, 0) is 62.2 Å². The quantitative estimate of drug-likeness (QED) is 0.484. The highest BCUT2D eigenvalue weighted by molar-refractivity contribution is 6.17. The highest BCUT2D eigenvalue weighted by atomic mass is 16.5. The normalized spacial score (nSPS) is 14.1. The number of ketones is 1. The van der Waals surface area contributed by atoms with Gasteiger partial charge in [0.15, 0.2) is 5.78 Å². The van der Waals surface area contributed by atoms with Crippen molar-refractivity contribution in [3.63, 3.8) is 0 Å². The summed E-state index contributed by atoms with van der Waals surface area (Å²) in [6.07, 6.45) is 0.968. The van der Waals surface area contributed by atoms with Crippen LogP contribution in [0.25, 0.3) is 0 Å². The number of ether oxygens (including phenoxy) is 1. The number of anilines is 1. The third-order valence-corrected chi connectivity index (χ3v) is 5.90. The Morgan fingerprint density at radius 3 is 2.42 bits per heavy atom. The molecule has 0 atom stereocenters. The van der Waals surface area contributed by atoms with E-state index in [0.29, 0.717) is 11.1 Å². The summed E-state index contributed by atoms with van der Waals surface area (Å²) in [6, 6.07) is 22.3. The fourth-order valence-corrected chi connectivity index (χ4v) is 4.21. The zero-order valence-electron chi connectivity index (χ0n) is 19.5. The first-order valence-electron chi connectivity index (χ1n) is 11.0. The van der Waals surface area contributed by atoms with Gasteiger partial charge in [0.1, 0.15) is 5.75 Å². The van der Waals surface area contributed by atoms with E-state index in [0.717, 1.165) is 34.7 Å². The second-order valence-electron chi connectivity index (χ2n) is 8.95. The Labute approximate surface area is 194 Å². The predicted molar refractivity (Wildman–Crippen MR) is 132 cm³/mol. The van der Waals surface area contributed by atoms with E-state index in [9.17, 15) is 9.59 Å². The molecule has 168 valence electrons. The molecule has 0 bridgehead atoms. The summed E-state index contributed by atoms with van der Waals surface area (Å²) >= 11 is 0. The second kappa shape index (κ2) is 9.02. The molecule has 0 spiro atoms. The topological polar surface area (TPSA) is 59.0 Å². The zero-order chi connectivity index (χ0) is 23.6. The van der Waals surface area contributed by atoms with Crippen LogP contribution in [-0.4, -0.2) is 37.1 Å². The summed E-state index contributed by atoms with van der Waals surface area (Å²) in [5.41, 5.74) is 4.35. The van der Waals surface area contributed by atoms with E-state index >= 15 is 0 Å². The highest BCUT2D eigenvalue weighted by Crippen LogP contribution is 2.31. The third-order valence-electron chi connectivity index (χ3n) is 5.90. The van der Waals surface area contributed by atoms with E-state index in [2.05, 4.69) is 13.8 Å². The van der Waals surface area contributed by atoms with Crippen LogP contribution in [0.4, 0.5) is 5.69 Å². The number of hydrogen-bond donors (Lipinski definition) is 0. The summed E-state index contributed by atoms with van der Waals surface area (Å²) < 4.78 is 5.39. The van der Waals surface area contributed by atoms with Gasteiger partial charge in [0.2, 0.25) is 0 Å². The molecular formula is C28H28N2O3. The van der Waals surface area contributed by atoms with E-state index < -0.39 is 0 Å². The number of carbonyl (C=O) groups excluding carboxylic acids is 2. The van der Waals surface area contributed by atoms with Gasteiger partial charge in [-0.2, -0.15) is 0 Å². The minimum atomic E-state index is -0.284. The van der Waals surface area contributed by atoms with E-state index in [1.165, 1.54) is 0 Å². The van der Waals surface area contributed by atoms with Crippen molar-refractivity contribution in [2.75, 3.05) is 19.1 Å². The van der Waals surface area contributed by atoms with Crippen molar-refractivity contribution in [2.45, 2.75) is 32.2 Å². The smallest absolute Gasteiger partial charge is 0.258 e. The predicted octanol–water partition coefficient (Wildman–Crippen LogP) is 5.37. The van der Waals surface area contributed by atoms with Gasteiger partial charge in [0, 0.05) is 29.4 Å². The molecule has 3 aromatic carbocycles. The average molecular weight is 441 g/mol. The lowest BCUT2D eigenvalue weighted by atomic mass is 9.85. The van der Waals surface area contributed by atoms with E-state index in [-0.39, 0.29) is 23.7 Å². The maximum Gasteiger partial charge on any atom is 0.258 e. The van der Waals surface area contributed by atoms with Gasteiger partial charge < -0.3 is 9.64 Å². The van der Waals surface area contributed by atoms with Crippen LogP contribution in [0.1, 0.15) is 52.1 Å². The van der Waals surface area contributed by atoms with Crippen molar-refractivity contribution in [1.82, 2.24) is 0 Å². The van der Waals surface area contributed by atoms with Crippen LogP contribution < -0.4 is 9.64 Å². The number of carbonyl (C=O) groups is 2. The van der Waals surface area contributed by atoms with Crippen molar-refractivity contribution in [1.29, 1.82) is 0 Å². The first-order valence-corrected chi connectivity index (χ1v) is 11.0. The van der Waals surface area contributed by atoms with E-state index in [1.54, 1.807) is 43.3 Å². The van der Waals surface area contributed by atoms with Gasteiger partial charge in [-0.3, -0.25) is 14.6 Å². The number of methoxy groups -OCH3 is 1. The highest BCUT2D eigenvalue weighted by Gasteiger charge is 2.28. The molecule has 5 heteroatoms. The van der Waals surface area contributed by atoms with Crippen molar-refractivity contribution < 1.29 is 14.3 Å². The number of hydrogen-bond acceptors (Lipinski definition) is 4. The summed E-state index contributed by atoms with van der Waals surface area (Å²) in [6.45, 7) is 4.15. The van der Waals surface area contributed by atoms with Crippen molar-refractivity contribution in [3.8, 4) is 5.75 Å². The van der Waals surface area contributed by atoms with Crippen LogP contribution in [0.15, 0.2) is 77.8 Å². The summed E-state index contributed by atoms with van der Waals surface area (Å²) in [5, 5.41) is 0. The Hall–Kier alpha value is -3.73. The van der Waals surface area contributed by atoms with Crippen LogP contribution in [0.5, 0.6) is 5.75 Å². The molecule has 0 aliphatic carbocycles. The molecule has 0 radical (unpaired) electrons. The van der Waals surface area contributed by atoms with Crippen LogP contribution in [0.3, 0.4) is 0 Å². The molecule has 1 aliphatic heterocycles. The number of benzene rings is 3. The Morgan fingerprint density at radius 2 is 1.70 bits per heavy atom. The number of rotatable bonds is 6. The fraction of sp³-hybridized carbons (Fsp3) is 0.250. The van der Waals surface area contributed by atoms with Gasteiger partial charge in [-0.25, -0.2) is 0 Å². The molecule has 0 aromatic heterocycles. The standard InChI is InChI=1S/C28H28N2O3/c1-28(2)18-21-13-14-23(33-4)16-24(21)25(29-28)17-26(31)19-9-8-10-20(15-19)27(32)30(3)22-11-6-5-7-12-22/h5-16H,17-18H2,1-4H3. The fourth-order valence-electron chi connectivity index (χ4n) is 4.21. The lowest BCUT2D eigenvalue weighted by Gasteiger charge is -2.29. The van der Waals surface area contributed by atoms with Gasteiger partial charge in [-0.15, -0.1) is 0 Å². The van der Waals surface area contributed by atoms with Crippen molar-refractivity contribution in [2.24, 2.45) is 4.99 Å². The number of Topliss-reactive ketones (excluding diaryl/α,β-unsaturated/α-hetero) is 1. The summed E-state index contributed by atoms with van der Waals surface area (Å²) in [5.74, 6) is 0.504. The molecule has 3 aromatic rings. The minimum absolute atomic E-state index is 0.0720. The SMILES string of the molecule is COc1ccc2c(c1)C(CC(=O)c1cccc(C(=O)N(C)c3ccccc3)c1)=NC(C)(C)C2. The Morgan fingerprint density at radius 1 is 0.970 bits per heavy atom. The van der Waals surface area contributed by atoms with Crippen LogP contribution in [-0.2, 0) is 6.42 Å². The van der Waals surface area contributed by atoms with Gasteiger partial charge >= 0.3 is 0 Å². The molecule has 4 rings (SSSR count). The molecule has 1 heterocycles. The summed E-state index contributed by atoms with van der Waals surface area (Å²) in [4.78, 5) is 32.7. The monoisotopic (exact) mass is 440 g/mol. The number of para-hydroxylation sites is 1. The lowest BCUT2D eigenvalue weighted by molar-refractivity contribution is 0.0993. The van der Waals surface area contributed by atoms with Crippen LogP contribution in [0.2, 0.25) is 0 Å². The lowest BCUT2D eigenvalue weighted by Crippen LogP contribution is -2.30. The van der Waals surface area contributed by atoms with Gasteiger partial charge in [-0.1, -0.05) is 36.4 Å². The second-order valence-corrected chi connectivity index (χ2v) is 8.95. The molecule has 0 N–H and O–H groups in total. The van der Waals surface area contributed by atoms with Crippen molar-refractivity contribution >= 4 is 23.1 Å².